The highest BCUT2D eigenvalue weighted by atomic mass is 35.5. The maximum atomic E-state index is 12.8. The largest absolute Gasteiger partial charge is 0.478 e. The van der Waals surface area contributed by atoms with Gasteiger partial charge < -0.3 is 5.11 Å². The minimum atomic E-state index is -0.985. The molecule has 16 heavy (non-hydrogen) atoms. The molecule has 0 bridgehead atoms. The van der Waals surface area contributed by atoms with Gasteiger partial charge in [-0.3, -0.25) is 0 Å². The van der Waals surface area contributed by atoms with E-state index in [2.05, 4.69) is 0 Å². The lowest BCUT2D eigenvalue weighted by Crippen LogP contribution is -1.91. The van der Waals surface area contributed by atoms with Crippen molar-refractivity contribution >= 4 is 28.9 Å². The predicted molar refractivity (Wildman–Crippen MR) is 61.7 cm³/mol. The van der Waals surface area contributed by atoms with Gasteiger partial charge in [0.1, 0.15) is 5.82 Å². The van der Waals surface area contributed by atoms with Crippen LogP contribution in [0.3, 0.4) is 0 Å². The number of carbonyl (C=O) groups is 1. The minimum Gasteiger partial charge on any atom is -0.478 e. The second-order valence-electron chi connectivity index (χ2n) is 3.13. The van der Waals surface area contributed by atoms with E-state index in [1.54, 1.807) is 0 Å². The molecular weight excluding hydrogens is 251 g/mol. The normalized spacial score (nSPS) is 10.4. The van der Waals surface area contributed by atoms with Crippen molar-refractivity contribution in [1.29, 1.82) is 0 Å². The molecule has 0 unspecified atom stereocenters. The Bertz CT molecular complexity index is 551. The fraction of sp³-hybridized carbons (Fsp3) is 0. The molecule has 0 aliphatic heterocycles. The van der Waals surface area contributed by atoms with Gasteiger partial charge in [0.25, 0.3) is 0 Å². The van der Waals surface area contributed by atoms with E-state index >= 15 is 0 Å². The lowest BCUT2D eigenvalue weighted by atomic mass is 10.1. The number of carboxylic acids is 1. The molecule has 1 aromatic carbocycles. The molecule has 2 nitrogen and oxygen atoms in total. The Morgan fingerprint density at radius 2 is 2.12 bits per heavy atom. The molecule has 2 aromatic rings. The molecule has 1 N–H and O–H groups in total. The number of benzene rings is 1. The Balaban J connectivity index is 2.46. The van der Waals surface area contributed by atoms with Crippen LogP contribution in [0.25, 0.3) is 10.4 Å². The van der Waals surface area contributed by atoms with Crippen LogP contribution in [0.5, 0.6) is 0 Å². The van der Waals surface area contributed by atoms with Gasteiger partial charge in [0.15, 0.2) is 0 Å². The number of thiophene rings is 1. The van der Waals surface area contributed by atoms with Gasteiger partial charge in [0, 0.05) is 15.8 Å². The maximum absolute atomic E-state index is 12.8. The first-order valence-corrected chi connectivity index (χ1v) is 5.61. The van der Waals surface area contributed by atoms with E-state index in [9.17, 15) is 9.18 Å². The van der Waals surface area contributed by atoms with Crippen molar-refractivity contribution in [2.75, 3.05) is 0 Å². The third kappa shape index (κ3) is 2.08. The molecule has 0 saturated heterocycles. The lowest BCUT2D eigenvalue weighted by molar-refractivity contribution is 0.0697. The van der Waals surface area contributed by atoms with Crippen LogP contribution >= 0.6 is 22.9 Å². The summed E-state index contributed by atoms with van der Waals surface area (Å²) in [6, 6.07) is 5.56. The zero-order valence-electron chi connectivity index (χ0n) is 7.91. The number of carboxylic acid groups (broad SMARTS) is 1. The predicted octanol–water partition coefficient (Wildman–Crippen LogP) is 3.91. The number of hydrogen-bond acceptors (Lipinski definition) is 2. The van der Waals surface area contributed by atoms with Crippen LogP contribution in [0, 0.1) is 5.82 Å². The van der Waals surface area contributed by atoms with E-state index in [1.165, 1.54) is 41.0 Å². The smallest absolute Gasteiger partial charge is 0.336 e. The van der Waals surface area contributed by atoms with Crippen LogP contribution in [0.4, 0.5) is 4.39 Å². The summed E-state index contributed by atoms with van der Waals surface area (Å²) in [6.07, 6.45) is 0. The van der Waals surface area contributed by atoms with E-state index in [0.29, 0.717) is 10.4 Å². The summed E-state index contributed by atoms with van der Waals surface area (Å²) in [5.41, 5.74) is 0.848. The van der Waals surface area contributed by atoms with Crippen LogP contribution in [-0.2, 0) is 0 Å². The second kappa shape index (κ2) is 4.23. The Morgan fingerprint density at radius 3 is 2.69 bits per heavy atom. The summed E-state index contributed by atoms with van der Waals surface area (Å²) >= 11 is 7.14. The third-order valence-electron chi connectivity index (χ3n) is 2.04. The van der Waals surface area contributed by atoms with Gasteiger partial charge in [0.05, 0.1) is 10.6 Å². The maximum Gasteiger partial charge on any atom is 0.336 e. The van der Waals surface area contributed by atoms with Gasteiger partial charge in [-0.15, -0.1) is 11.3 Å². The summed E-state index contributed by atoms with van der Waals surface area (Å²) < 4.78 is 12.8. The molecule has 0 saturated carbocycles. The molecule has 0 atom stereocenters. The summed E-state index contributed by atoms with van der Waals surface area (Å²) in [4.78, 5) is 11.4. The monoisotopic (exact) mass is 256 g/mol. The van der Waals surface area contributed by atoms with E-state index < -0.39 is 11.8 Å². The van der Waals surface area contributed by atoms with Crippen molar-refractivity contribution in [3.63, 3.8) is 0 Å². The SMILES string of the molecule is O=C(O)c1csc(-c2ccc(F)cc2Cl)c1. The van der Waals surface area contributed by atoms with Crippen molar-refractivity contribution in [1.82, 2.24) is 0 Å². The summed E-state index contributed by atoms with van der Waals surface area (Å²) in [6.45, 7) is 0. The molecule has 0 fully saturated rings. The Morgan fingerprint density at radius 1 is 1.38 bits per heavy atom. The fourth-order valence-corrected chi connectivity index (χ4v) is 2.53. The molecule has 5 heteroatoms. The highest BCUT2D eigenvalue weighted by molar-refractivity contribution is 7.14. The van der Waals surface area contributed by atoms with Gasteiger partial charge in [-0.2, -0.15) is 0 Å². The molecule has 0 radical (unpaired) electrons. The highest BCUT2D eigenvalue weighted by Crippen LogP contribution is 2.33. The number of halogens is 2. The molecule has 82 valence electrons. The average molecular weight is 257 g/mol. The van der Waals surface area contributed by atoms with Crippen molar-refractivity contribution in [3.8, 4) is 10.4 Å². The number of aromatic carboxylic acids is 1. The van der Waals surface area contributed by atoms with Gasteiger partial charge >= 0.3 is 5.97 Å². The molecule has 0 amide bonds. The Kier molecular flexibility index (Phi) is 2.94. The standard InChI is InChI=1S/C11H6ClFO2S/c12-9-4-7(13)1-2-8(9)10-3-6(5-16-10)11(14)15/h1-5H,(H,14,15). The number of hydrogen-bond donors (Lipinski definition) is 1. The lowest BCUT2D eigenvalue weighted by Gasteiger charge is -2.00. The van der Waals surface area contributed by atoms with E-state index in [0.717, 1.165) is 0 Å². The first-order valence-electron chi connectivity index (χ1n) is 4.35. The minimum absolute atomic E-state index is 0.209. The van der Waals surface area contributed by atoms with Crippen LogP contribution in [0.1, 0.15) is 10.4 Å². The summed E-state index contributed by atoms with van der Waals surface area (Å²) in [5, 5.41) is 10.6. The topological polar surface area (TPSA) is 37.3 Å². The van der Waals surface area contributed by atoms with Gasteiger partial charge in [-0.25, -0.2) is 9.18 Å². The Labute approximate surface area is 99.9 Å². The second-order valence-corrected chi connectivity index (χ2v) is 4.45. The quantitative estimate of drug-likeness (QED) is 0.885. The van der Waals surface area contributed by atoms with Crippen molar-refractivity contribution in [2.24, 2.45) is 0 Å². The zero-order chi connectivity index (χ0) is 11.7. The van der Waals surface area contributed by atoms with E-state index in [4.69, 9.17) is 16.7 Å². The fourth-order valence-electron chi connectivity index (χ4n) is 1.28. The first-order chi connectivity index (χ1) is 7.58. The highest BCUT2D eigenvalue weighted by Gasteiger charge is 2.10. The van der Waals surface area contributed by atoms with Crippen molar-refractivity contribution in [2.45, 2.75) is 0 Å². The third-order valence-corrected chi connectivity index (χ3v) is 3.32. The van der Waals surface area contributed by atoms with E-state index in [-0.39, 0.29) is 10.6 Å². The van der Waals surface area contributed by atoms with Gasteiger partial charge in [-0.1, -0.05) is 11.6 Å². The van der Waals surface area contributed by atoms with Gasteiger partial charge in [0.2, 0.25) is 0 Å². The molecule has 0 aliphatic rings. The summed E-state index contributed by atoms with van der Waals surface area (Å²) in [5.74, 6) is -1.40. The molecule has 2 rings (SSSR count). The van der Waals surface area contributed by atoms with Crippen molar-refractivity contribution in [3.05, 3.63) is 46.0 Å². The molecule has 0 spiro atoms. The molecule has 1 aromatic heterocycles. The zero-order valence-corrected chi connectivity index (χ0v) is 9.48. The van der Waals surface area contributed by atoms with Crippen molar-refractivity contribution < 1.29 is 14.3 Å². The first kappa shape index (κ1) is 11.1. The molecular formula is C11H6ClFO2S. The molecule has 1 heterocycles. The number of rotatable bonds is 2. The van der Waals surface area contributed by atoms with E-state index in [1.807, 2.05) is 0 Å². The average Bonchev–Trinajstić information content (AvgIpc) is 2.66. The van der Waals surface area contributed by atoms with Gasteiger partial charge in [-0.05, 0) is 24.3 Å². The Hall–Kier alpha value is -1.39. The van der Waals surface area contributed by atoms with Crippen LogP contribution in [0.15, 0.2) is 29.6 Å². The summed E-state index contributed by atoms with van der Waals surface area (Å²) in [7, 11) is 0. The van der Waals surface area contributed by atoms with Crippen LogP contribution in [-0.4, -0.2) is 11.1 Å². The molecule has 0 aliphatic carbocycles. The van der Waals surface area contributed by atoms with Crippen LogP contribution < -0.4 is 0 Å². The van der Waals surface area contributed by atoms with Crippen LogP contribution in [0.2, 0.25) is 5.02 Å².